The fourth-order valence-electron chi connectivity index (χ4n) is 3.89. The number of nitrogens with one attached hydrogen (secondary N) is 1. The summed E-state index contributed by atoms with van der Waals surface area (Å²) in [7, 11) is 0. The lowest BCUT2D eigenvalue weighted by Gasteiger charge is -2.24. The minimum absolute atomic E-state index is 0.0502. The van der Waals surface area contributed by atoms with Crippen LogP contribution in [0.2, 0.25) is 0 Å². The summed E-state index contributed by atoms with van der Waals surface area (Å²) < 4.78 is 5.71. The highest BCUT2D eigenvalue weighted by atomic mass is 16.5. The zero-order chi connectivity index (χ0) is 17.9. The van der Waals surface area contributed by atoms with E-state index in [1.807, 2.05) is 24.3 Å². The van der Waals surface area contributed by atoms with Gasteiger partial charge in [-0.25, -0.2) is 9.97 Å². The first-order valence-corrected chi connectivity index (χ1v) is 9.54. The van der Waals surface area contributed by atoms with Crippen molar-refractivity contribution >= 4 is 5.91 Å². The smallest absolute Gasteiger partial charge is 0.226 e. The average Bonchev–Trinajstić information content (AvgIpc) is 2.67. The van der Waals surface area contributed by atoms with Gasteiger partial charge >= 0.3 is 0 Å². The van der Waals surface area contributed by atoms with Gasteiger partial charge in [-0.3, -0.25) is 4.79 Å². The van der Waals surface area contributed by atoms with Gasteiger partial charge in [0, 0.05) is 24.4 Å². The van der Waals surface area contributed by atoms with Crippen LogP contribution in [0.4, 0.5) is 0 Å². The number of ether oxygens (including phenoxy) is 1. The summed E-state index contributed by atoms with van der Waals surface area (Å²) in [6.45, 7) is 3.08. The molecule has 1 aromatic heterocycles. The van der Waals surface area contributed by atoms with Gasteiger partial charge in [0.15, 0.2) is 0 Å². The third-order valence-electron chi connectivity index (χ3n) is 5.33. The van der Waals surface area contributed by atoms with E-state index in [1.54, 1.807) is 0 Å². The molecule has 0 saturated heterocycles. The fourth-order valence-corrected chi connectivity index (χ4v) is 3.89. The van der Waals surface area contributed by atoms with E-state index in [2.05, 4.69) is 17.2 Å². The first-order valence-electron chi connectivity index (χ1n) is 9.54. The second kappa shape index (κ2) is 7.44. The summed E-state index contributed by atoms with van der Waals surface area (Å²) in [6, 6.07) is 7.93. The molecule has 0 spiro atoms. The Hall–Kier alpha value is -2.43. The first-order chi connectivity index (χ1) is 12.7. The third kappa shape index (κ3) is 3.57. The predicted octanol–water partition coefficient (Wildman–Crippen LogP) is 2.57. The maximum Gasteiger partial charge on any atom is 0.226 e. The molecule has 5 nitrogen and oxygen atoms in total. The normalized spacial score (nSPS) is 18.4. The summed E-state index contributed by atoms with van der Waals surface area (Å²) in [6.07, 6.45) is 6.00. The van der Waals surface area contributed by atoms with Crippen molar-refractivity contribution in [2.75, 3.05) is 13.2 Å². The number of carbonyl (C=O) groups excluding carboxylic acids is 1. The average molecular weight is 351 g/mol. The molecular formula is C21H25N3O2. The molecule has 0 radical (unpaired) electrons. The van der Waals surface area contributed by atoms with Gasteiger partial charge in [0.2, 0.25) is 5.91 Å². The molecule has 1 atom stereocenters. The van der Waals surface area contributed by atoms with E-state index in [0.717, 1.165) is 42.1 Å². The summed E-state index contributed by atoms with van der Waals surface area (Å²) >= 11 is 0. The van der Waals surface area contributed by atoms with Crippen LogP contribution in [-0.2, 0) is 30.5 Å². The Morgan fingerprint density at radius 3 is 3.00 bits per heavy atom. The number of benzene rings is 1. The summed E-state index contributed by atoms with van der Waals surface area (Å²) in [5.74, 6) is 1.66. The Kier molecular flexibility index (Phi) is 4.87. The number of aryl methyl sites for hydroxylation is 2. The largest absolute Gasteiger partial charge is 0.492 e. The van der Waals surface area contributed by atoms with E-state index in [0.29, 0.717) is 19.6 Å². The molecule has 26 heavy (non-hydrogen) atoms. The molecule has 1 aromatic carbocycles. The molecule has 0 bridgehead atoms. The summed E-state index contributed by atoms with van der Waals surface area (Å²) in [5, 5.41) is 3.03. The SMILES string of the molecule is Cc1nc(CCNC(=O)C2COc3ccccc3C2)nc2c1CCCC2. The van der Waals surface area contributed by atoms with Crippen LogP contribution in [0.15, 0.2) is 24.3 Å². The van der Waals surface area contributed by atoms with Crippen LogP contribution in [0.25, 0.3) is 0 Å². The second-order valence-corrected chi connectivity index (χ2v) is 7.22. The van der Waals surface area contributed by atoms with E-state index >= 15 is 0 Å². The Bertz CT molecular complexity index is 819. The molecule has 1 N–H and O–H groups in total. The van der Waals surface area contributed by atoms with E-state index < -0.39 is 0 Å². The van der Waals surface area contributed by atoms with Gasteiger partial charge in [-0.15, -0.1) is 0 Å². The Balaban J connectivity index is 1.32. The second-order valence-electron chi connectivity index (χ2n) is 7.22. The van der Waals surface area contributed by atoms with Crippen LogP contribution in [0.1, 0.15) is 41.2 Å². The van der Waals surface area contributed by atoms with E-state index in [4.69, 9.17) is 9.72 Å². The van der Waals surface area contributed by atoms with Gasteiger partial charge in [0.25, 0.3) is 0 Å². The number of nitrogens with zero attached hydrogens (tertiary/aromatic N) is 2. The molecule has 136 valence electrons. The topological polar surface area (TPSA) is 64.1 Å². The summed E-state index contributed by atoms with van der Waals surface area (Å²) in [4.78, 5) is 21.8. The maximum atomic E-state index is 12.5. The number of aromatic nitrogens is 2. The van der Waals surface area contributed by atoms with Crippen LogP contribution in [0.3, 0.4) is 0 Å². The lowest BCUT2D eigenvalue weighted by molar-refractivity contribution is -0.126. The van der Waals surface area contributed by atoms with Gasteiger partial charge in [-0.2, -0.15) is 0 Å². The zero-order valence-corrected chi connectivity index (χ0v) is 15.3. The molecule has 2 aromatic rings. The summed E-state index contributed by atoms with van der Waals surface area (Å²) in [5.41, 5.74) is 4.75. The van der Waals surface area contributed by atoms with Crippen LogP contribution < -0.4 is 10.1 Å². The molecule has 2 heterocycles. The van der Waals surface area contributed by atoms with Crippen LogP contribution in [0, 0.1) is 12.8 Å². The lowest BCUT2D eigenvalue weighted by Crippen LogP contribution is -2.38. The highest BCUT2D eigenvalue weighted by Gasteiger charge is 2.25. The molecule has 1 aliphatic heterocycles. The molecule has 5 heteroatoms. The number of amides is 1. The maximum absolute atomic E-state index is 12.5. The van der Waals surface area contributed by atoms with Crippen molar-refractivity contribution in [3.05, 3.63) is 52.6 Å². The van der Waals surface area contributed by atoms with Crippen molar-refractivity contribution in [3.8, 4) is 5.75 Å². The first kappa shape index (κ1) is 17.0. The zero-order valence-electron chi connectivity index (χ0n) is 15.3. The van der Waals surface area contributed by atoms with Gasteiger partial charge < -0.3 is 10.1 Å². The fraction of sp³-hybridized carbons (Fsp3) is 0.476. The lowest BCUT2D eigenvalue weighted by atomic mass is 9.95. The minimum Gasteiger partial charge on any atom is -0.492 e. The van der Waals surface area contributed by atoms with Crippen LogP contribution in [0.5, 0.6) is 5.75 Å². The van der Waals surface area contributed by atoms with Gasteiger partial charge in [0.1, 0.15) is 18.2 Å². The molecule has 4 rings (SSSR count). The molecule has 2 aliphatic rings. The van der Waals surface area contributed by atoms with Crippen molar-refractivity contribution < 1.29 is 9.53 Å². The number of carbonyl (C=O) groups is 1. The monoisotopic (exact) mass is 351 g/mol. The van der Waals surface area contributed by atoms with E-state index in [9.17, 15) is 4.79 Å². The Morgan fingerprint density at radius 1 is 1.23 bits per heavy atom. The molecule has 0 saturated carbocycles. The quantitative estimate of drug-likeness (QED) is 0.919. The number of para-hydroxylation sites is 1. The van der Waals surface area contributed by atoms with Gasteiger partial charge in [-0.05, 0) is 56.2 Å². The van der Waals surface area contributed by atoms with E-state index in [1.165, 1.54) is 24.1 Å². The number of hydrogen-bond acceptors (Lipinski definition) is 4. The Labute approximate surface area is 154 Å². The van der Waals surface area contributed by atoms with Crippen LogP contribution >= 0.6 is 0 Å². The Morgan fingerprint density at radius 2 is 2.08 bits per heavy atom. The van der Waals surface area contributed by atoms with Crippen molar-refractivity contribution in [1.82, 2.24) is 15.3 Å². The number of fused-ring (bicyclic) bond motifs is 2. The molecule has 1 aliphatic carbocycles. The van der Waals surface area contributed by atoms with Gasteiger partial charge in [0.05, 0.1) is 5.92 Å². The van der Waals surface area contributed by atoms with Crippen molar-refractivity contribution in [2.45, 2.75) is 45.4 Å². The molecule has 1 amide bonds. The minimum atomic E-state index is -0.129. The van der Waals surface area contributed by atoms with E-state index in [-0.39, 0.29) is 11.8 Å². The highest BCUT2D eigenvalue weighted by molar-refractivity contribution is 5.79. The standard InChI is InChI=1S/C21H25N3O2/c1-14-17-7-3-4-8-18(17)24-20(23-14)10-11-22-21(25)16-12-15-6-2-5-9-19(15)26-13-16/h2,5-6,9,16H,3-4,7-8,10-13H2,1H3,(H,22,25). The van der Waals surface area contributed by atoms with Crippen LogP contribution in [-0.4, -0.2) is 29.0 Å². The molecule has 0 fully saturated rings. The van der Waals surface area contributed by atoms with Crippen molar-refractivity contribution in [3.63, 3.8) is 0 Å². The van der Waals surface area contributed by atoms with Crippen molar-refractivity contribution in [2.24, 2.45) is 5.92 Å². The predicted molar refractivity (Wildman–Crippen MR) is 99.3 cm³/mol. The number of hydrogen-bond donors (Lipinski definition) is 1. The third-order valence-corrected chi connectivity index (χ3v) is 5.33. The van der Waals surface area contributed by atoms with Gasteiger partial charge in [-0.1, -0.05) is 18.2 Å². The number of rotatable bonds is 4. The molecule has 1 unspecified atom stereocenters. The van der Waals surface area contributed by atoms with Crippen molar-refractivity contribution in [1.29, 1.82) is 0 Å². The molecular weight excluding hydrogens is 326 g/mol. The highest BCUT2D eigenvalue weighted by Crippen LogP contribution is 2.26.